The van der Waals surface area contributed by atoms with E-state index in [1.165, 1.54) is 12.1 Å². The Kier molecular flexibility index (Phi) is 5.87. The van der Waals surface area contributed by atoms with E-state index in [-0.39, 0.29) is 11.7 Å². The maximum absolute atomic E-state index is 12.2. The highest BCUT2D eigenvalue weighted by Crippen LogP contribution is 2.26. The van der Waals surface area contributed by atoms with Crippen molar-refractivity contribution in [1.82, 2.24) is 5.32 Å². The average Bonchev–Trinajstić information content (AvgIpc) is 2.42. The fourth-order valence-corrected chi connectivity index (χ4v) is 2.38. The minimum atomic E-state index is -0.997. The van der Waals surface area contributed by atoms with Gasteiger partial charge in [-0.3, -0.25) is 9.59 Å². The van der Waals surface area contributed by atoms with Crippen molar-refractivity contribution in [2.45, 2.75) is 32.7 Å². The molecular weight excluding hydrogens is 321 g/mol. The molecule has 1 aromatic carbocycles. The average molecular weight is 337 g/mol. The molecule has 0 radical (unpaired) electrons. The number of carbonyl (C=O) groups is 2. The quantitative estimate of drug-likeness (QED) is 0.826. The zero-order valence-corrected chi connectivity index (χ0v) is 13.8. The first kappa shape index (κ1) is 17.3. The molecule has 1 rings (SSSR count). The molecule has 6 heteroatoms. The lowest BCUT2D eigenvalue weighted by atomic mass is 9.93. The predicted molar refractivity (Wildman–Crippen MR) is 83.1 cm³/mol. The second-order valence-electron chi connectivity index (χ2n) is 4.76. The number of hydrogen-bond acceptors (Lipinski definition) is 2. The highest BCUT2D eigenvalue weighted by atomic mass is 35.5. The fourth-order valence-electron chi connectivity index (χ4n) is 1.60. The Morgan fingerprint density at radius 1 is 1.25 bits per heavy atom. The molecule has 0 saturated heterocycles. The number of ketones is 1. The molecule has 1 atom stereocenters. The van der Waals surface area contributed by atoms with Gasteiger partial charge in [-0.1, -0.05) is 30.1 Å². The molecule has 1 amide bonds. The van der Waals surface area contributed by atoms with Crippen LogP contribution in [-0.4, -0.2) is 23.1 Å². The van der Waals surface area contributed by atoms with Crippen LogP contribution in [0.4, 0.5) is 0 Å². The molecule has 0 aromatic heterocycles. The Labute approximate surface area is 133 Å². The third-order valence-corrected chi connectivity index (χ3v) is 4.40. The van der Waals surface area contributed by atoms with Gasteiger partial charge >= 0.3 is 0 Å². The van der Waals surface area contributed by atoms with E-state index in [2.05, 4.69) is 5.32 Å². The molecule has 20 heavy (non-hydrogen) atoms. The van der Waals surface area contributed by atoms with Gasteiger partial charge < -0.3 is 5.32 Å². The van der Waals surface area contributed by atoms with Crippen LogP contribution in [0.5, 0.6) is 0 Å². The number of Topliss-reactive ketones (excluding diaryl/α,β-unsaturated/α-hetero) is 1. The number of alkyl halides is 1. The summed E-state index contributed by atoms with van der Waals surface area (Å²) in [6, 6.07) is 3.05. The summed E-state index contributed by atoms with van der Waals surface area (Å²) in [5, 5.41) is 3.51. The van der Waals surface area contributed by atoms with Crippen LogP contribution in [0.25, 0.3) is 0 Å². The van der Waals surface area contributed by atoms with Crippen molar-refractivity contribution >= 4 is 46.5 Å². The standard InChI is InChI=1S/C14H16Cl3NO2/c1-4-14(3,12(19)7-15)18-13(20)9-5-10(16)8(2)11(17)6-9/h5-6H,4,7H2,1-3H3,(H,18,20)/t14-/m1/s1. The molecule has 0 bridgehead atoms. The number of benzene rings is 1. The SMILES string of the molecule is CC[C@@](C)(NC(=O)c1cc(Cl)c(C)c(Cl)c1)C(=O)CCl. The Balaban J connectivity index is 3.05. The Hall–Kier alpha value is -0.770. The summed E-state index contributed by atoms with van der Waals surface area (Å²) in [6.07, 6.45) is 0.442. The van der Waals surface area contributed by atoms with Crippen molar-refractivity contribution in [2.75, 3.05) is 5.88 Å². The molecule has 0 saturated carbocycles. The Bertz CT molecular complexity index is 522. The van der Waals surface area contributed by atoms with Crippen molar-refractivity contribution in [2.24, 2.45) is 0 Å². The molecule has 1 N–H and O–H groups in total. The minimum Gasteiger partial charge on any atom is -0.340 e. The summed E-state index contributed by atoms with van der Waals surface area (Å²) in [5.41, 5.74) is 0.0236. The first-order valence-corrected chi connectivity index (χ1v) is 7.41. The Morgan fingerprint density at radius 3 is 2.15 bits per heavy atom. The van der Waals surface area contributed by atoms with Crippen LogP contribution >= 0.6 is 34.8 Å². The lowest BCUT2D eigenvalue weighted by molar-refractivity contribution is -0.122. The number of rotatable bonds is 5. The molecule has 110 valence electrons. The molecule has 0 aliphatic carbocycles. The largest absolute Gasteiger partial charge is 0.340 e. The number of hydrogen-bond donors (Lipinski definition) is 1. The minimum absolute atomic E-state index is 0.153. The molecule has 3 nitrogen and oxygen atoms in total. The van der Waals surface area contributed by atoms with Gasteiger partial charge in [-0.25, -0.2) is 0 Å². The van der Waals surface area contributed by atoms with Gasteiger partial charge in [0.25, 0.3) is 5.91 Å². The van der Waals surface area contributed by atoms with Gasteiger partial charge in [0.05, 0.1) is 11.4 Å². The van der Waals surface area contributed by atoms with Crippen molar-refractivity contribution in [3.05, 3.63) is 33.3 Å². The third kappa shape index (κ3) is 3.66. The monoisotopic (exact) mass is 335 g/mol. The summed E-state index contributed by atoms with van der Waals surface area (Å²) in [4.78, 5) is 24.1. The molecule has 0 spiro atoms. The van der Waals surface area contributed by atoms with Gasteiger partial charge in [-0.2, -0.15) is 0 Å². The topological polar surface area (TPSA) is 46.2 Å². The molecule has 0 unspecified atom stereocenters. The third-order valence-electron chi connectivity index (χ3n) is 3.38. The zero-order chi connectivity index (χ0) is 15.5. The predicted octanol–water partition coefficient (Wildman–Crippen LogP) is 4.01. The first-order chi connectivity index (χ1) is 9.25. The van der Waals surface area contributed by atoms with E-state index in [1.807, 2.05) is 0 Å². The van der Waals surface area contributed by atoms with Crippen LogP contribution in [0.1, 0.15) is 36.2 Å². The lowest BCUT2D eigenvalue weighted by Crippen LogP contribution is -2.52. The molecule has 0 aliphatic rings. The maximum atomic E-state index is 12.2. The summed E-state index contributed by atoms with van der Waals surface area (Å²) < 4.78 is 0. The second-order valence-corrected chi connectivity index (χ2v) is 5.84. The van der Waals surface area contributed by atoms with Gasteiger partial charge in [0, 0.05) is 15.6 Å². The molecule has 0 heterocycles. The van der Waals surface area contributed by atoms with Gasteiger partial charge in [-0.15, -0.1) is 11.6 Å². The van der Waals surface area contributed by atoms with Crippen LogP contribution in [0.3, 0.4) is 0 Å². The van der Waals surface area contributed by atoms with E-state index in [1.54, 1.807) is 20.8 Å². The van der Waals surface area contributed by atoms with Gasteiger partial charge in [0.15, 0.2) is 5.78 Å². The van der Waals surface area contributed by atoms with Crippen molar-refractivity contribution < 1.29 is 9.59 Å². The van der Waals surface area contributed by atoms with Crippen LogP contribution in [-0.2, 0) is 4.79 Å². The van der Waals surface area contributed by atoms with Crippen LogP contribution in [0, 0.1) is 6.92 Å². The number of carbonyl (C=O) groups excluding carboxylic acids is 2. The number of amides is 1. The van der Waals surface area contributed by atoms with Gasteiger partial charge in [0.2, 0.25) is 0 Å². The fraction of sp³-hybridized carbons (Fsp3) is 0.429. The second kappa shape index (κ2) is 6.79. The number of halogens is 3. The lowest BCUT2D eigenvalue weighted by Gasteiger charge is -2.27. The summed E-state index contributed by atoms with van der Waals surface area (Å²) >= 11 is 17.6. The summed E-state index contributed by atoms with van der Waals surface area (Å²) in [7, 11) is 0. The van der Waals surface area contributed by atoms with E-state index in [0.29, 0.717) is 27.6 Å². The van der Waals surface area contributed by atoms with Crippen LogP contribution in [0.15, 0.2) is 12.1 Å². The van der Waals surface area contributed by atoms with Crippen LogP contribution < -0.4 is 5.32 Å². The van der Waals surface area contributed by atoms with E-state index in [4.69, 9.17) is 34.8 Å². The first-order valence-electron chi connectivity index (χ1n) is 6.12. The number of nitrogens with one attached hydrogen (secondary N) is 1. The van der Waals surface area contributed by atoms with E-state index in [9.17, 15) is 9.59 Å². The molecular formula is C14H16Cl3NO2. The van der Waals surface area contributed by atoms with E-state index in [0.717, 1.165) is 0 Å². The normalized spacial score (nSPS) is 13.7. The van der Waals surface area contributed by atoms with Gasteiger partial charge in [-0.05, 0) is 38.0 Å². The van der Waals surface area contributed by atoms with Gasteiger partial charge in [0.1, 0.15) is 0 Å². The van der Waals surface area contributed by atoms with E-state index < -0.39 is 11.4 Å². The van der Waals surface area contributed by atoms with Crippen molar-refractivity contribution in [3.8, 4) is 0 Å². The molecule has 0 fully saturated rings. The van der Waals surface area contributed by atoms with Crippen molar-refractivity contribution in [1.29, 1.82) is 0 Å². The van der Waals surface area contributed by atoms with Crippen molar-refractivity contribution in [3.63, 3.8) is 0 Å². The highest BCUT2D eigenvalue weighted by Gasteiger charge is 2.32. The zero-order valence-electron chi connectivity index (χ0n) is 11.5. The van der Waals surface area contributed by atoms with E-state index >= 15 is 0 Å². The Morgan fingerprint density at radius 2 is 1.75 bits per heavy atom. The summed E-state index contributed by atoms with van der Waals surface area (Å²) in [6.45, 7) is 5.21. The smallest absolute Gasteiger partial charge is 0.252 e. The highest BCUT2D eigenvalue weighted by molar-refractivity contribution is 6.36. The van der Waals surface area contributed by atoms with Crippen LogP contribution in [0.2, 0.25) is 10.0 Å². The maximum Gasteiger partial charge on any atom is 0.252 e. The summed E-state index contributed by atoms with van der Waals surface area (Å²) in [5.74, 6) is -0.795. The molecule has 1 aromatic rings. The molecule has 0 aliphatic heterocycles.